The van der Waals surface area contributed by atoms with Gasteiger partial charge in [0.05, 0.1) is 17.3 Å². The lowest BCUT2D eigenvalue weighted by Gasteiger charge is -2.35. The van der Waals surface area contributed by atoms with Crippen molar-refractivity contribution in [3.8, 4) is 5.75 Å². The summed E-state index contributed by atoms with van der Waals surface area (Å²) >= 11 is 0. The fraction of sp³-hybridized carbons (Fsp3) is 0.571. The van der Waals surface area contributed by atoms with Crippen molar-refractivity contribution in [1.82, 2.24) is 0 Å². The van der Waals surface area contributed by atoms with Crippen LogP contribution in [0.3, 0.4) is 0 Å². The summed E-state index contributed by atoms with van der Waals surface area (Å²) < 4.78 is 43.8. The summed E-state index contributed by atoms with van der Waals surface area (Å²) in [7, 11) is 0. The Morgan fingerprint density at radius 2 is 2.00 bits per heavy atom. The van der Waals surface area contributed by atoms with Crippen LogP contribution in [-0.2, 0) is 6.18 Å². The topological polar surface area (TPSA) is 21.3 Å². The van der Waals surface area contributed by atoms with Crippen molar-refractivity contribution in [1.29, 1.82) is 0 Å². The van der Waals surface area contributed by atoms with Crippen molar-refractivity contribution in [2.24, 2.45) is 0 Å². The number of rotatable bonds is 3. The van der Waals surface area contributed by atoms with E-state index in [4.69, 9.17) is 4.74 Å². The third-order valence-corrected chi connectivity index (χ3v) is 3.39. The molecule has 1 aromatic carbocycles. The molecule has 1 heterocycles. The molecule has 2 nitrogen and oxygen atoms in total. The standard InChI is InChI=1S/C14H18F3NO/c1-3-5-12-10(4-2)18-11-8-9(14(15,16)17)6-7-13(11)19-12/h6-8,10,12,18H,3-5H2,1-2H3. The average molecular weight is 273 g/mol. The first-order valence-electron chi connectivity index (χ1n) is 6.60. The van der Waals surface area contributed by atoms with Gasteiger partial charge in [0.1, 0.15) is 11.9 Å². The molecule has 106 valence electrons. The first-order chi connectivity index (χ1) is 8.95. The van der Waals surface area contributed by atoms with E-state index in [1.54, 1.807) is 0 Å². The van der Waals surface area contributed by atoms with E-state index in [-0.39, 0.29) is 12.1 Å². The number of nitrogens with one attached hydrogen (secondary N) is 1. The average Bonchev–Trinajstić information content (AvgIpc) is 2.36. The molecule has 19 heavy (non-hydrogen) atoms. The Kier molecular flexibility index (Phi) is 3.92. The molecule has 0 saturated heterocycles. The number of anilines is 1. The molecule has 0 bridgehead atoms. The highest BCUT2D eigenvalue weighted by molar-refractivity contribution is 5.60. The molecule has 0 radical (unpaired) electrons. The second-order valence-corrected chi connectivity index (χ2v) is 4.81. The number of hydrogen-bond donors (Lipinski definition) is 1. The third kappa shape index (κ3) is 2.96. The zero-order valence-corrected chi connectivity index (χ0v) is 11.1. The minimum atomic E-state index is -4.32. The highest BCUT2D eigenvalue weighted by Gasteiger charge is 2.33. The van der Waals surface area contributed by atoms with Crippen LogP contribution in [-0.4, -0.2) is 12.1 Å². The van der Waals surface area contributed by atoms with E-state index in [0.717, 1.165) is 31.4 Å². The Labute approximate surface area is 111 Å². The fourth-order valence-electron chi connectivity index (χ4n) is 2.37. The van der Waals surface area contributed by atoms with Crippen LogP contribution >= 0.6 is 0 Å². The van der Waals surface area contributed by atoms with Crippen LogP contribution in [0.15, 0.2) is 18.2 Å². The van der Waals surface area contributed by atoms with E-state index in [0.29, 0.717) is 11.4 Å². The monoisotopic (exact) mass is 273 g/mol. The SMILES string of the molecule is CCCC1Oc2ccc(C(F)(F)F)cc2NC1CC. The Balaban J connectivity index is 2.28. The first kappa shape index (κ1) is 14.0. The maximum atomic E-state index is 12.7. The fourth-order valence-corrected chi connectivity index (χ4v) is 2.37. The van der Waals surface area contributed by atoms with Crippen molar-refractivity contribution in [2.75, 3.05) is 5.32 Å². The zero-order valence-electron chi connectivity index (χ0n) is 11.1. The Bertz CT molecular complexity index is 445. The van der Waals surface area contributed by atoms with Gasteiger partial charge in [-0.15, -0.1) is 0 Å². The predicted molar refractivity (Wildman–Crippen MR) is 68.5 cm³/mol. The summed E-state index contributed by atoms with van der Waals surface area (Å²) in [5.41, 5.74) is -0.208. The van der Waals surface area contributed by atoms with Crippen molar-refractivity contribution in [3.63, 3.8) is 0 Å². The Morgan fingerprint density at radius 3 is 2.58 bits per heavy atom. The van der Waals surface area contributed by atoms with Gasteiger partial charge in [0.2, 0.25) is 0 Å². The number of ether oxygens (including phenoxy) is 1. The summed E-state index contributed by atoms with van der Waals surface area (Å²) in [5, 5.41) is 3.17. The van der Waals surface area contributed by atoms with Crippen LogP contribution in [0.5, 0.6) is 5.75 Å². The van der Waals surface area contributed by atoms with Gasteiger partial charge in [0.25, 0.3) is 0 Å². The van der Waals surface area contributed by atoms with Crippen LogP contribution < -0.4 is 10.1 Å². The molecule has 2 atom stereocenters. The van der Waals surface area contributed by atoms with Gasteiger partial charge in [-0.3, -0.25) is 0 Å². The number of halogens is 3. The minimum absolute atomic E-state index is 0.0271. The smallest absolute Gasteiger partial charge is 0.416 e. The molecule has 0 spiro atoms. The van der Waals surface area contributed by atoms with Crippen LogP contribution in [0, 0.1) is 0 Å². The second-order valence-electron chi connectivity index (χ2n) is 4.81. The molecule has 5 heteroatoms. The molecule has 0 fully saturated rings. The van der Waals surface area contributed by atoms with Crippen LogP contribution in [0.2, 0.25) is 0 Å². The Hall–Kier alpha value is -1.39. The van der Waals surface area contributed by atoms with Gasteiger partial charge in [-0.1, -0.05) is 20.3 Å². The van der Waals surface area contributed by atoms with E-state index in [2.05, 4.69) is 12.2 Å². The number of alkyl halides is 3. The van der Waals surface area contributed by atoms with Crippen LogP contribution in [0.25, 0.3) is 0 Å². The highest BCUT2D eigenvalue weighted by Crippen LogP contribution is 2.38. The normalized spacial score (nSPS) is 22.4. The summed E-state index contributed by atoms with van der Waals surface area (Å²) in [6.07, 6.45) is -1.59. The van der Waals surface area contributed by atoms with Crippen molar-refractivity contribution < 1.29 is 17.9 Å². The predicted octanol–water partition coefficient (Wildman–Crippen LogP) is 4.46. The number of benzene rings is 1. The zero-order chi connectivity index (χ0) is 14.0. The summed E-state index contributed by atoms with van der Waals surface area (Å²) in [6.45, 7) is 4.07. The van der Waals surface area contributed by atoms with Gasteiger partial charge in [0.15, 0.2) is 0 Å². The molecule has 1 aromatic rings. The largest absolute Gasteiger partial charge is 0.486 e. The lowest BCUT2D eigenvalue weighted by Crippen LogP contribution is -2.41. The molecular formula is C14H18F3NO. The van der Waals surface area contributed by atoms with E-state index in [1.807, 2.05) is 6.92 Å². The van der Waals surface area contributed by atoms with Crippen molar-refractivity contribution >= 4 is 5.69 Å². The molecule has 1 N–H and O–H groups in total. The molecule has 0 aliphatic carbocycles. The summed E-state index contributed by atoms with van der Waals surface area (Å²) in [4.78, 5) is 0. The molecule has 1 aliphatic rings. The van der Waals surface area contributed by atoms with E-state index < -0.39 is 11.7 Å². The maximum absolute atomic E-state index is 12.7. The summed E-state index contributed by atoms with van der Waals surface area (Å²) in [6, 6.07) is 3.66. The van der Waals surface area contributed by atoms with Crippen LogP contribution in [0.1, 0.15) is 38.7 Å². The quantitative estimate of drug-likeness (QED) is 0.878. The Morgan fingerprint density at radius 1 is 1.26 bits per heavy atom. The molecule has 0 amide bonds. The van der Waals surface area contributed by atoms with Crippen molar-refractivity contribution in [2.45, 2.75) is 51.4 Å². The number of hydrogen-bond acceptors (Lipinski definition) is 2. The molecule has 2 rings (SSSR count). The molecule has 0 saturated carbocycles. The van der Waals surface area contributed by atoms with E-state index in [9.17, 15) is 13.2 Å². The van der Waals surface area contributed by atoms with Crippen molar-refractivity contribution in [3.05, 3.63) is 23.8 Å². The highest BCUT2D eigenvalue weighted by atomic mass is 19.4. The molecule has 1 aliphatic heterocycles. The van der Waals surface area contributed by atoms with Crippen LogP contribution in [0.4, 0.5) is 18.9 Å². The van der Waals surface area contributed by atoms with Gasteiger partial charge >= 0.3 is 6.18 Å². The molecule has 0 aromatic heterocycles. The molecular weight excluding hydrogens is 255 g/mol. The van der Waals surface area contributed by atoms with E-state index in [1.165, 1.54) is 6.07 Å². The van der Waals surface area contributed by atoms with Gasteiger partial charge in [-0.05, 0) is 31.0 Å². The number of fused-ring (bicyclic) bond motifs is 1. The van der Waals surface area contributed by atoms with Gasteiger partial charge in [0, 0.05) is 0 Å². The van der Waals surface area contributed by atoms with E-state index >= 15 is 0 Å². The summed E-state index contributed by atoms with van der Waals surface area (Å²) in [5.74, 6) is 0.510. The third-order valence-electron chi connectivity index (χ3n) is 3.39. The molecule has 2 unspecified atom stereocenters. The van der Waals surface area contributed by atoms with Gasteiger partial charge in [-0.25, -0.2) is 0 Å². The minimum Gasteiger partial charge on any atom is -0.486 e. The van der Waals surface area contributed by atoms with Gasteiger partial charge < -0.3 is 10.1 Å². The maximum Gasteiger partial charge on any atom is 0.416 e. The first-order valence-corrected chi connectivity index (χ1v) is 6.60. The van der Waals surface area contributed by atoms with Gasteiger partial charge in [-0.2, -0.15) is 13.2 Å². The lowest BCUT2D eigenvalue weighted by molar-refractivity contribution is -0.137. The lowest BCUT2D eigenvalue weighted by atomic mass is 10.0. The second kappa shape index (κ2) is 5.31.